The third-order valence-corrected chi connectivity index (χ3v) is 2.85. The fourth-order valence-corrected chi connectivity index (χ4v) is 1.88. The Bertz CT molecular complexity index is 207. The van der Waals surface area contributed by atoms with Crippen LogP contribution in [0, 0.1) is 5.92 Å². The minimum atomic E-state index is -0.852. The van der Waals surface area contributed by atoms with E-state index in [1.807, 2.05) is 0 Å². The van der Waals surface area contributed by atoms with Crippen LogP contribution in [0.25, 0.3) is 0 Å². The first-order valence-corrected chi connectivity index (χ1v) is 5.32. The lowest BCUT2D eigenvalue weighted by Gasteiger charge is -2.22. The van der Waals surface area contributed by atoms with E-state index in [1.165, 1.54) is 12.8 Å². The van der Waals surface area contributed by atoms with E-state index in [-0.39, 0.29) is 0 Å². The van der Waals surface area contributed by atoms with Crippen LogP contribution in [0.1, 0.15) is 32.1 Å². The predicted molar refractivity (Wildman–Crippen MR) is 56.2 cm³/mol. The van der Waals surface area contributed by atoms with Gasteiger partial charge in [-0.05, 0) is 44.7 Å². The highest BCUT2D eigenvalue weighted by molar-refractivity contribution is 5.85. The molecule has 1 aliphatic rings. The van der Waals surface area contributed by atoms with Gasteiger partial charge >= 0.3 is 5.97 Å². The number of carbonyl (C=O) groups is 1. The number of piperidine rings is 1. The summed E-state index contributed by atoms with van der Waals surface area (Å²) in [6.45, 7) is 5.76. The molecule has 3 nitrogen and oxygen atoms in total. The van der Waals surface area contributed by atoms with Crippen LogP contribution in [-0.2, 0) is 4.79 Å². The van der Waals surface area contributed by atoms with E-state index in [0.717, 1.165) is 31.8 Å². The SMILES string of the molecule is C=C(CCCC1CCNCC1)C(=O)O. The van der Waals surface area contributed by atoms with Crippen LogP contribution in [0.5, 0.6) is 0 Å². The number of rotatable bonds is 5. The van der Waals surface area contributed by atoms with Crippen molar-refractivity contribution in [2.45, 2.75) is 32.1 Å². The molecule has 0 radical (unpaired) electrons. The second-order valence-corrected chi connectivity index (χ2v) is 3.99. The van der Waals surface area contributed by atoms with Gasteiger partial charge in [-0.15, -0.1) is 0 Å². The maximum Gasteiger partial charge on any atom is 0.330 e. The van der Waals surface area contributed by atoms with Crippen molar-refractivity contribution in [2.75, 3.05) is 13.1 Å². The Morgan fingerprint density at radius 1 is 1.43 bits per heavy atom. The first kappa shape index (κ1) is 11.2. The molecule has 1 aliphatic heterocycles. The minimum absolute atomic E-state index is 0.346. The zero-order chi connectivity index (χ0) is 10.4. The van der Waals surface area contributed by atoms with Gasteiger partial charge < -0.3 is 10.4 Å². The number of carboxylic acid groups (broad SMARTS) is 1. The van der Waals surface area contributed by atoms with Gasteiger partial charge in [0.2, 0.25) is 0 Å². The summed E-state index contributed by atoms with van der Waals surface area (Å²) in [6, 6.07) is 0. The Morgan fingerprint density at radius 3 is 2.64 bits per heavy atom. The van der Waals surface area contributed by atoms with Gasteiger partial charge in [-0.25, -0.2) is 4.79 Å². The third kappa shape index (κ3) is 3.92. The summed E-state index contributed by atoms with van der Waals surface area (Å²) in [4.78, 5) is 10.5. The maximum atomic E-state index is 10.5. The highest BCUT2D eigenvalue weighted by Gasteiger charge is 2.13. The van der Waals surface area contributed by atoms with Gasteiger partial charge in [0.15, 0.2) is 0 Å². The lowest BCUT2D eigenvalue weighted by Crippen LogP contribution is -2.27. The van der Waals surface area contributed by atoms with Crippen molar-refractivity contribution in [3.05, 3.63) is 12.2 Å². The summed E-state index contributed by atoms with van der Waals surface area (Å²) in [7, 11) is 0. The molecule has 2 N–H and O–H groups in total. The predicted octanol–water partition coefficient (Wildman–Crippen LogP) is 1.80. The topological polar surface area (TPSA) is 49.3 Å². The van der Waals surface area contributed by atoms with Crippen LogP contribution in [0.2, 0.25) is 0 Å². The second kappa shape index (κ2) is 5.81. The Hall–Kier alpha value is -0.830. The molecule has 0 amide bonds. The summed E-state index contributed by atoms with van der Waals surface area (Å²) in [5.41, 5.74) is 0.346. The van der Waals surface area contributed by atoms with E-state index in [4.69, 9.17) is 5.11 Å². The molecule has 80 valence electrons. The Kier molecular flexibility index (Phi) is 4.66. The van der Waals surface area contributed by atoms with Crippen LogP contribution in [0.4, 0.5) is 0 Å². The van der Waals surface area contributed by atoms with E-state index < -0.39 is 5.97 Å². The van der Waals surface area contributed by atoms with Crippen LogP contribution < -0.4 is 5.32 Å². The smallest absolute Gasteiger partial charge is 0.330 e. The molecule has 0 spiro atoms. The molecule has 0 atom stereocenters. The molecule has 1 rings (SSSR count). The van der Waals surface area contributed by atoms with Crippen molar-refractivity contribution in [3.8, 4) is 0 Å². The molecule has 0 aromatic rings. The van der Waals surface area contributed by atoms with E-state index >= 15 is 0 Å². The molecular formula is C11H19NO2. The summed E-state index contributed by atoms with van der Waals surface area (Å²) >= 11 is 0. The first-order valence-electron chi connectivity index (χ1n) is 5.32. The van der Waals surface area contributed by atoms with Gasteiger partial charge in [0.1, 0.15) is 0 Å². The normalized spacial score (nSPS) is 18.0. The highest BCUT2D eigenvalue weighted by atomic mass is 16.4. The standard InChI is InChI=1S/C11H19NO2/c1-9(11(13)14)3-2-4-10-5-7-12-8-6-10/h10,12H,1-8H2,(H,13,14). The van der Waals surface area contributed by atoms with Crippen molar-refractivity contribution < 1.29 is 9.90 Å². The van der Waals surface area contributed by atoms with Crippen LogP contribution >= 0.6 is 0 Å². The number of hydrogen-bond acceptors (Lipinski definition) is 2. The van der Waals surface area contributed by atoms with Gasteiger partial charge in [-0.3, -0.25) is 0 Å². The Balaban J connectivity index is 2.08. The third-order valence-electron chi connectivity index (χ3n) is 2.85. The Morgan fingerprint density at radius 2 is 2.07 bits per heavy atom. The van der Waals surface area contributed by atoms with Crippen molar-refractivity contribution in [1.82, 2.24) is 5.32 Å². The van der Waals surface area contributed by atoms with Gasteiger partial charge in [0.05, 0.1) is 0 Å². The molecule has 14 heavy (non-hydrogen) atoms. The van der Waals surface area contributed by atoms with E-state index in [0.29, 0.717) is 12.0 Å². The van der Waals surface area contributed by atoms with Gasteiger partial charge in [-0.1, -0.05) is 13.0 Å². The number of carboxylic acids is 1. The van der Waals surface area contributed by atoms with Crippen molar-refractivity contribution in [3.63, 3.8) is 0 Å². The molecule has 0 aromatic heterocycles. The van der Waals surface area contributed by atoms with Crippen molar-refractivity contribution in [2.24, 2.45) is 5.92 Å². The molecule has 0 saturated carbocycles. The second-order valence-electron chi connectivity index (χ2n) is 3.99. The fourth-order valence-electron chi connectivity index (χ4n) is 1.88. The van der Waals surface area contributed by atoms with Crippen LogP contribution in [-0.4, -0.2) is 24.2 Å². The summed E-state index contributed by atoms with van der Waals surface area (Å²) in [5, 5.41) is 11.9. The molecular weight excluding hydrogens is 178 g/mol. The van der Waals surface area contributed by atoms with E-state index in [9.17, 15) is 4.79 Å². The molecule has 0 aliphatic carbocycles. The number of hydrogen-bond donors (Lipinski definition) is 2. The molecule has 0 bridgehead atoms. The van der Waals surface area contributed by atoms with Crippen molar-refractivity contribution >= 4 is 5.97 Å². The zero-order valence-electron chi connectivity index (χ0n) is 8.59. The molecule has 0 unspecified atom stereocenters. The Labute approximate surface area is 85.2 Å². The molecule has 0 aromatic carbocycles. The number of aliphatic carboxylic acids is 1. The van der Waals surface area contributed by atoms with E-state index in [1.54, 1.807) is 0 Å². The number of nitrogens with one attached hydrogen (secondary N) is 1. The van der Waals surface area contributed by atoms with Crippen LogP contribution in [0.3, 0.4) is 0 Å². The van der Waals surface area contributed by atoms with Gasteiger partial charge in [-0.2, -0.15) is 0 Å². The maximum absolute atomic E-state index is 10.5. The van der Waals surface area contributed by atoms with Crippen LogP contribution in [0.15, 0.2) is 12.2 Å². The first-order chi connectivity index (χ1) is 6.70. The minimum Gasteiger partial charge on any atom is -0.478 e. The fraction of sp³-hybridized carbons (Fsp3) is 0.727. The largest absolute Gasteiger partial charge is 0.478 e. The average Bonchev–Trinajstić information content (AvgIpc) is 2.19. The highest BCUT2D eigenvalue weighted by Crippen LogP contribution is 2.19. The molecule has 3 heteroatoms. The summed E-state index contributed by atoms with van der Waals surface area (Å²) < 4.78 is 0. The van der Waals surface area contributed by atoms with Gasteiger partial charge in [0.25, 0.3) is 0 Å². The van der Waals surface area contributed by atoms with Gasteiger partial charge in [0, 0.05) is 5.57 Å². The summed E-state index contributed by atoms with van der Waals surface area (Å²) in [5.74, 6) is -0.0619. The van der Waals surface area contributed by atoms with E-state index in [2.05, 4.69) is 11.9 Å². The lowest BCUT2D eigenvalue weighted by atomic mass is 9.92. The summed E-state index contributed by atoms with van der Waals surface area (Å²) in [6.07, 6.45) is 5.22. The molecule has 1 saturated heterocycles. The quantitative estimate of drug-likeness (QED) is 0.661. The lowest BCUT2D eigenvalue weighted by molar-refractivity contribution is -0.132. The monoisotopic (exact) mass is 197 g/mol. The zero-order valence-corrected chi connectivity index (χ0v) is 8.59. The average molecular weight is 197 g/mol. The molecule has 1 fully saturated rings. The van der Waals surface area contributed by atoms with Crippen molar-refractivity contribution in [1.29, 1.82) is 0 Å². The molecule has 1 heterocycles.